The van der Waals surface area contributed by atoms with E-state index in [4.69, 9.17) is 19.2 Å². The van der Waals surface area contributed by atoms with Crippen LogP contribution in [0.3, 0.4) is 0 Å². The van der Waals surface area contributed by atoms with Crippen LogP contribution in [-0.4, -0.2) is 48.4 Å². The molecule has 3 heterocycles. The number of benzene rings is 2. The van der Waals surface area contributed by atoms with Gasteiger partial charge >= 0.3 is 0 Å². The molecule has 2 aliphatic rings. The Morgan fingerprint density at radius 3 is 2.55 bits per heavy atom. The van der Waals surface area contributed by atoms with Crippen LogP contribution in [0.4, 0.5) is 0 Å². The molecule has 1 fully saturated rings. The van der Waals surface area contributed by atoms with Gasteiger partial charge in [0.05, 0.1) is 31.4 Å². The summed E-state index contributed by atoms with van der Waals surface area (Å²) in [4.78, 5) is 7.31. The van der Waals surface area contributed by atoms with Crippen LogP contribution in [0, 0.1) is 0 Å². The third kappa shape index (κ3) is 3.70. The number of para-hydroxylation sites is 1. The van der Waals surface area contributed by atoms with Crippen LogP contribution in [0.1, 0.15) is 24.1 Å². The molecule has 3 aromatic rings. The van der Waals surface area contributed by atoms with Crippen molar-refractivity contribution >= 4 is 0 Å². The van der Waals surface area contributed by atoms with Gasteiger partial charge in [0.15, 0.2) is 5.60 Å². The first-order valence-electron chi connectivity index (χ1n) is 10.9. The number of nitrogens with zero attached hydrogens (tertiary/aromatic N) is 3. The number of likely N-dealkylation sites (tertiary alicyclic amines) is 1. The van der Waals surface area contributed by atoms with E-state index in [9.17, 15) is 0 Å². The van der Waals surface area contributed by atoms with Gasteiger partial charge in [-0.3, -0.25) is 4.90 Å². The average Bonchev–Trinajstić information content (AvgIpc) is 3.25. The van der Waals surface area contributed by atoms with E-state index >= 15 is 0 Å². The zero-order valence-electron chi connectivity index (χ0n) is 18.2. The fourth-order valence-electron chi connectivity index (χ4n) is 4.83. The van der Waals surface area contributed by atoms with Gasteiger partial charge in [-0.15, -0.1) is 0 Å². The van der Waals surface area contributed by atoms with Gasteiger partial charge in [0.2, 0.25) is 0 Å². The molecule has 0 aliphatic carbocycles. The highest BCUT2D eigenvalue weighted by molar-refractivity contribution is 5.72. The molecule has 0 unspecified atom stereocenters. The molecule has 1 saturated heterocycles. The third-order valence-electron chi connectivity index (χ3n) is 6.48. The number of ether oxygens (including phenoxy) is 3. The Balaban J connectivity index is 1.39. The van der Waals surface area contributed by atoms with Crippen molar-refractivity contribution in [1.29, 1.82) is 0 Å². The Kier molecular flexibility index (Phi) is 5.42. The number of rotatable bonds is 6. The zero-order valence-corrected chi connectivity index (χ0v) is 18.2. The number of hydrogen-bond donors (Lipinski definition) is 0. The monoisotopic (exact) mass is 419 g/mol. The van der Waals surface area contributed by atoms with E-state index in [1.165, 1.54) is 11.3 Å². The molecule has 1 spiro atoms. The summed E-state index contributed by atoms with van der Waals surface area (Å²) in [5, 5.41) is 0. The minimum Gasteiger partial charge on any atom is -0.497 e. The molecular formula is C25H29N3O3. The highest BCUT2D eigenvalue weighted by atomic mass is 16.5. The van der Waals surface area contributed by atoms with Crippen LogP contribution < -0.4 is 9.47 Å². The van der Waals surface area contributed by atoms with E-state index in [1.807, 2.05) is 24.5 Å². The lowest BCUT2D eigenvalue weighted by atomic mass is 9.83. The van der Waals surface area contributed by atoms with Crippen LogP contribution in [0.2, 0.25) is 0 Å². The van der Waals surface area contributed by atoms with Gasteiger partial charge in [-0.05, 0) is 29.8 Å². The Bertz CT molecular complexity index is 1040. The lowest BCUT2D eigenvalue weighted by molar-refractivity contribution is -0.0135. The normalized spacial score (nSPS) is 17.1. The molecule has 5 rings (SSSR count). The van der Waals surface area contributed by atoms with Crippen LogP contribution >= 0.6 is 0 Å². The largest absolute Gasteiger partial charge is 0.497 e. The van der Waals surface area contributed by atoms with Gasteiger partial charge < -0.3 is 18.8 Å². The molecular weight excluding hydrogens is 390 g/mol. The van der Waals surface area contributed by atoms with Crippen molar-refractivity contribution in [3.05, 3.63) is 66.1 Å². The Labute approximate surface area is 183 Å². The SMILES string of the molecule is COCCn1cnc2c1C1(CCN(Cc3ccc(OC)cc3)CC1)Oc1ccccc1-2. The molecule has 0 saturated carbocycles. The van der Waals surface area contributed by atoms with Crippen molar-refractivity contribution in [2.75, 3.05) is 33.9 Å². The molecule has 0 amide bonds. The summed E-state index contributed by atoms with van der Waals surface area (Å²) in [5.41, 5.74) is 4.30. The molecule has 0 N–H and O–H groups in total. The maximum absolute atomic E-state index is 6.75. The molecule has 6 nitrogen and oxygen atoms in total. The van der Waals surface area contributed by atoms with Gasteiger partial charge in [-0.1, -0.05) is 24.3 Å². The summed E-state index contributed by atoms with van der Waals surface area (Å²) in [7, 11) is 3.44. The maximum atomic E-state index is 6.75. The smallest absolute Gasteiger partial charge is 0.153 e. The lowest BCUT2D eigenvalue weighted by Crippen LogP contribution is -2.48. The lowest BCUT2D eigenvalue weighted by Gasteiger charge is -2.44. The average molecular weight is 420 g/mol. The summed E-state index contributed by atoms with van der Waals surface area (Å²) in [6.45, 7) is 4.32. The molecule has 31 heavy (non-hydrogen) atoms. The zero-order chi connectivity index (χ0) is 21.3. The molecule has 0 bridgehead atoms. The van der Waals surface area contributed by atoms with Crippen molar-refractivity contribution in [2.45, 2.75) is 31.5 Å². The summed E-state index contributed by atoms with van der Waals surface area (Å²) in [6, 6.07) is 16.6. The summed E-state index contributed by atoms with van der Waals surface area (Å²) in [5.74, 6) is 1.84. The van der Waals surface area contributed by atoms with Crippen molar-refractivity contribution in [2.24, 2.45) is 0 Å². The second kappa shape index (κ2) is 8.36. The first kappa shape index (κ1) is 20.1. The number of hydrogen-bond acceptors (Lipinski definition) is 5. The number of aromatic nitrogens is 2. The predicted molar refractivity (Wildman–Crippen MR) is 119 cm³/mol. The summed E-state index contributed by atoms with van der Waals surface area (Å²) < 4.78 is 19.6. The fourth-order valence-corrected chi connectivity index (χ4v) is 4.83. The van der Waals surface area contributed by atoms with Gasteiger partial charge in [0.25, 0.3) is 0 Å². The topological polar surface area (TPSA) is 48.8 Å². The summed E-state index contributed by atoms with van der Waals surface area (Å²) in [6.07, 6.45) is 3.81. The van der Waals surface area contributed by atoms with E-state index in [0.29, 0.717) is 6.61 Å². The van der Waals surface area contributed by atoms with Crippen molar-refractivity contribution in [3.63, 3.8) is 0 Å². The number of methoxy groups -OCH3 is 2. The highest BCUT2D eigenvalue weighted by Gasteiger charge is 2.46. The Hall–Kier alpha value is -2.83. The van der Waals surface area contributed by atoms with E-state index in [1.54, 1.807) is 14.2 Å². The molecule has 2 aromatic carbocycles. The second-order valence-electron chi connectivity index (χ2n) is 8.34. The van der Waals surface area contributed by atoms with E-state index in [-0.39, 0.29) is 5.60 Å². The maximum Gasteiger partial charge on any atom is 0.153 e. The number of piperidine rings is 1. The number of fused-ring (bicyclic) bond motifs is 4. The van der Waals surface area contributed by atoms with Crippen LogP contribution in [-0.2, 0) is 23.4 Å². The van der Waals surface area contributed by atoms with E-state index < -0.39 is 0 Å². The quantitative estimate of drug-likeness (QED) is 0.602. The van der Waals surface area contributed by atoms with E-state index in [2.05, 4.69) is 39.8 Å². The van der Waals surface area contributed by atoms with Crippen LogP contribution in [0.5, 0.6) is 11.5 Å². The molecule has 162 valence electrons. The first-order valence-corrected chi connectivity index (χ1v) is 10.9. The Morgan fingerprint density at radius 1 is 1.03 bits per heavy atom. The molecule has 0 radical (unpaired) electrons. The van der Waals surface area contributed by atoms with Crippen LogP contribution in [0.15, 0.2) is 54.9 Å². The van der Waals surface area contributed by atoms with Gasteiger partial charge in [0, 0.05) is 51.7 Å². The van der Waals surface area contributed by atoms with Gasteiger partial charge in [-0.25, -0.2) is 4.98 Å². The van der Waals surface area contributed by atoms with E-state index in [0.717, 1.165) is 61.8 Å². The molecule has 6 heteroatoms. The predicted octanol–water partition coefficient (Wildman–Crippen LogP) is 4.09. The minimum atomic E-state index is -0.343. The molecule has 1 aromatic heterocycles. The summed E-state index contributed by atoms with van der Waals surface area (Å²) >= 11 is 0. The molecule has 0 atom stereocenters. The van der Waals surface area contributed by atoms with Crippen LogP contribution in [0.25, 0.3) is 11.3 Å². The first-order chi connectivity index (χ1) is 15.2. The van der Waals surface area contributed by atoms with Crippen molar-refractivity contribution in [3.8, 4) is 22.8 Å². The standard InChI is InChI=1S/C25H29N3O3/c1-29-16-15-28-18-26-23-21-5-3-4-6-22(21)31-25(24(23)28)11-13-27(14-12-25)17-19-7-9-20(30-2)10-8-19/h3-10,18H,11-17H2,1-2H3. The number of imidazole rings is 1. The molecule has 2 aliphatic heterocycles. The van der Waals surface area contributed by atoms with Crippen molar-refractivity contribution in [1.82, 2.24) is 14.5 Å². The minimum absolute atomic E-state index is 0.343. The second-order valence-corrected chi connectivity index (χ2v) is 8.34. The third-order valence-corrected chi connectivity index (χ3v) is 6.48. The fraction of sp³-hybridized carbons (Fsp3) is 0.400. The highest BCUT2D eigenvalue weighted by Crippen LogP contribution is 2.49. The van der Waals surface area contributed by atoms with Gasteiger partial charge in [-0.2, -0.15) is 0 Å². The van der Waals surface area contributed by atoms with Gasteiger partial charge in [0.1, 0.15) is 11.5 Å². The van der Waals surface area contributed by atoms with Crippen molar-refractivity contribution < 1.29 is 14.2 Å². The Morgan fingerprint density at radius 2 is 1.81 bits per heavy atom.